The standard InChI is InChI=1S/C10H17N3O4S2/c11-6-5-9-1-3-10(4-2-9)19(16,17)13-7-8-18(12,14)15/h1-4,13H,5-8,11H2,(H2,12,14,15). The van der Waals surface area contributed by atoms with Gasteiger partial charge in [0.1, 0.15) is 0 Å². The molecule has 9 heteroatoms. The summed E-state index contributed by atoms with van der Waals surface area (Å²) >= 11 is 0. The fraction of sp³-hybridized carbons (Fsp3) is 0.400. The Labute approximate surface area is 113 Å². The minimum Gasteiger partial charge on any atom is -0.330 e. The number of primary sulfonamides is 1. The van der Waals surface area contributed by atoms with Gasteiger partial charge in [-0.2, -0.15) is 0 Å². The van der Waals surface area contributed by atoms with Crippen molar-refractivity contribution in [2.45, 2.75) is 11.3 Å². The van der Waals surface area contributed by atoms with Crippen molar-refractivity contribution in [2.24, 2.45) is 10.9 Å². The molecule has 0 amide bonds. The summed E-state index contributed by atoms with van der Waals surface area (Å²) in [6, 6.07) is 6.23. The van der Waals surface area contributed by atoms with E-state index in [1.54, 1.807) is 12.1 Å². The first-order chi connectivity index (χ1) is 8.74. The third kappa shape index (κ3) is 5.66. The number of hydrogen-bond donors (Lipinski definition) is 3. The molecule has 7 nitrogen and oxygen atoms in total. The minimum absolute atomic E-state index is 0.0719. The van der Waals surface area contributed by atoms with E-state index >= 15 is 0 Å². The van der Waals surface area contributed by atoms with E-state index in [9.17, 15) is 16.8 Å². The molecule has 0 aromatic heterocycles. The molecule has 5 N–H and O–H groups in total. The number of rotatable bonds is 7. The van der Waals surface area contributed by atoms with Gasteiger partial charge in [0.15, 0.2) is 0 Å². The topological polar surface area (TPSA) is 132 Å². The first-order valence-electron chi connectivity index (χ1n) is 5.54. The lowest BCUT2D eigenvalue weighted by Crippen LogP contribution is -2.31. The highest BCUT2D eigenvalue weighted by atomic mass is 32.2. The fourth-order valence-corrected chi connectivity index (χ4v) is 2.95. The Balaban J connectivity index is 2.72. The van der Waals surface area contributed by atoms with Gasteiger partial charge in [0.25, 0.3) is 0 Å². The van der Waals surface area contributed by atoms with E-state index in [1.165, 1.54) is 12.1 Å². The molecule has 0 aliphatic carbocycles. The van der Waals surface area contributed by atoms with Crippen LogP contribution >= 0.6 is 0 Å². The molecule has 0 spiro atoms. The molecule has 0 fully saturated rings. The number of nitrogens with two attached hydrogens (primary N) is 2. The highest BCUT2D eigenvalue weighted by Gasteiger charge is 2.14. The van der Waals surface area contributed by atoms with Gasteiger partial charge in [-0.3, -0.25) is 0 Å². The average Bonchev–Trinajstić information content (AvgIpc) is 2.28. The van der Waals surface area contributed by atoms with E-state index in [-0.39, 0.29) is 11.4 Å². The van der Waals surface area contributed by atoms with Crippen molar-refractivity contribution in [3.63, 3.8) is 0 Å². The molecule has 0 aliphatic heterocycles. The quantitative estimate of drug-likeness (QED) is 0.579. The van der Waals surface area contributed by atoms with Gasteiger partial charge >= 0.3 is 0 Å². The lowest BCUT2D eigenvalue weighted by molar-refractivity contribution is 0.581. The number of nitrogens with one attached hydrogen (secondary N) is 1. The van der Waals surface area contributed by atoms with Crippen molar-refractivity contribution in [3.8, 4) is 0 Å². The van der Waals surface area contributed by atoms with E-state index < -0.39 is 25.8 Å². The van der Waals surface area contributed by atoms with Crippen molar-refractivity contribution in [1.82, 2.24) is 4.72 Å². The van der Waals surface area contributed by atoms with Gasteiger partial charge in [-0.1, -0.05) is 12.1 Å². The summed E-state index contributed by atoms with van der Waals surface area (Å²) in [6.45, 7) is 0.227. The van der Waals surface area contributed by atoms with Crippen LogP contribution in [0, 0.1) is 0 Å². The summed E-state index contributed by atoms with van der Waals surface area (Å²) in [7, 11) is -7.40. The highest BCUT2D eigenvalue weighted by Crippen LogP contribution is 2.10. The van der Waals surface area contributed by atoms with Crippen LogP contribution in [0.15, 0.2) is 29.2 Å². The van der Waals surface area contributed by atoms with Crippen molar-refractivity contribution in [3.05, 3.63) is 29.8 Å². The predicted octanol–water partition coefficient (Wildman–Crippen LogP) is -1.25. The van der Waals surface area contributed by atoms with Crippen LogP contribution < -0.4 is 15.6 Å². The summed E-state index contributed by atoms with van der Waals surface area (Å²) in [5.74, 6) is -0.447. The fourth-order valence-electron chi connectivity index (χ4n) is 1.40. The Kier molecular flexibility index (Phi) is 5.44. The summed E-state index contributed by atoms with van der Waals surface area (Å²) in [4.78, 5) is 0.0719. The molecule has 1 aromatic rings. The van der Waals surface area contributed by atoms with Crippen molar-refractivity contribution in [2.75, 3.05) is 18.8 Å². The van der Waals surface area contributed by atoms with E-state index in [2.05, 4.69) is 4.72 Å². The smallest absolute Gasteiger partial charge is 0.240 e. The molecule has 0 saturated heterocycles. The molecule has 0 bridgehead atoms. The maximum Gasteiger partial charge on any atom is 0.240 e. The summed E-state index contributed by atoms with van der Waals surface area (Å²) in [5.41, 5.74) is 6.33. The van der Waals surface area contributed by atoms with Crippen LogP contribution in [0.4, 0.5) is 0 Å². The zero-order valence-corrected chi connectivity index (χ0v) is 11.9. The third-order valence-corrected chi connectivity index (χ3v) is 4.60. The molecule has 0 aliphatic rings. The van der Waals surface area contributed by atoms with Gasteiger partial charge in [0, 0.05) is 6.54 Å². The molecule has 108 valence electrons. The van der Waals surface area contributed by atoms with Crippen molar-refractivity contribution < 1.29 is 16.8 Å². The Hall–Kier alpha value is -1.00. The predicted molar refractivity (Wildman–Crippen MR) is 72.4 cm³/mol. The molecule has 0 heterocycles. The maximum absolute atomic E-state index is 11.8. The second kappa shape index (κ2) is 6.44. The lowest BCUT2D eigenvalue weighted by atomic mass is 10.2. The molecule has 0 unspecified atom stereocenters. The number of hydrogen-bond acceptors (Lipinski definition) is 5. The Bertz CT molecular complexity index is 609. The molecular weight excluding hydrogens is 290 g/mol. The maximum atomic E-state index is 11.8. The van der Waals surface area contributed by atoms with E-state index in [1.807, 2.05) is 0 Å². The van der Waals surface area contributed by atoms with E-state index in [0.717, 1.165) is 5.56 Å². The monoisotopic (exact) mass is 307 g/mol. The zero-order chi connectivity index (χ0) is 14.5. The van der Waals surface area contributed by atoms with E-state index in [0.29, 0.717) is 13.0 Å². The summed E-state index contributed by atoms with van der Waals surface area (Å²) < 4.78 is 47.2. The van der Waals surface area contributed by atoms with Crippen LogP contribution in [0.1, 0.15) is 5.56 Å². The van der Waals surface area contributed by atoms with Gasteiger partial charge in [0.2, 0.25) is 20.0 Å². The Morgan fingerprint density at radius 1 is 1.05 bits per heavy atom. The van der Waals surface area contributed by atoms with Crippen molar-refractivity contribution in [1.29, 1.82) is 0 Å². The molecular formula is C10H17N3O4S2. The summed E-state index contributed by atoms with van der Waals surface area (Å²) in [6.07, 6.45) is 0.666. The largest absolute Gasteiger partial charge is 0.330 e. The summed E-state index contributed by atoms with van der Waals surface area (Å²) in [5, 5.41) is 4.78. The van der Waals surface area contributed by atoms with Gasteiger partial charge in [-0.15, -0.1) is 0 Å². The number of sulfonamides is 2. The zero-order valence-electron chi connectivity index (χ0n) is 10.2. The second-order valence-corrected chi connectivity index (χ2v) is 7.45. The Morgan fingerprint density at radius 3 is 2.11 bits per heavy atom. The van der Waals surface area contributed by atoms with Gasteiger partial charge in [-0.05, 0) is 30.7 Å². The van der Waals surface area contributed by atoms with Gasteiger partial charge in [0.05, 0.1) is 10.6 Å². The minimum atomic E-state index is -3.72. The highest BCUT2D eigenvalue weighted by molar-refractivity contribution is 7.90. The van der Waals surface area contributed by atoms with Gasteiger partial charge in [-0.25, -0.2) is 26.7 Å². The molecule has 1 rings (SSSR count). The van der Waals surface area contributed by atoms with Crippen LogP contribution in [-0.2, 0) is 26.5 Å². The molecule has 0 atom stereocenters. The van der Waals surface area contributed by atoms with E-state index in [4.69, 9.17) is 10.9 Å². The SMILES string of the molecule is NCCc1ccc(S(=O)(=O)NCCS(N)(=O)=O)cc1. The van der Waals surface area contributed by atoms with Crippen LogP contribution in [0.3, 0.4) is 0 Å². The molecule has 19 heavy (non-hydrogen) atoms. The van der Waals surface area contributed by atoms with Gasteiger partial charge < -0.3 is 5.73 Å². The van der Waals surface area contributed by atoms with Crippen molar-refractivity contribution >= 4 is 20.0 Å². The first kappa shape index (κ1) is 16.1. The van der Waals surface area contributed by atoms with Crippen LogP contribution in [0.2, 0.25) is 0 Å². The Morgan fingerprint density at radius 2 is 1.63 bits per heavy atom. The number of benzene rings is 1. The average molecular weight is 307 g/mol. The first-order valence-corrected chi connectivity index (χ1v) is 8.73. The molecule has 0 radical (unpaired) electrons. The van der Waals surface area contributed by atoms with Crippen LogP contribution in [-0.4, -0.2) is 35.7 Å². The third-order valence-electron chi connectivity index (χ3n) is 2.35. The lowest BCUT2D eigenvalue weighted by Gasteiger charge is -2.07. The second-order valence-electron chi connectivity index (χ2n) is 3.95. The molecule has 0 saturated carbocycles. The normalized spacial score (nSPS) is 12.5. The molecule has 1 aromatic carbocycles. The van der Waals surface area contributed by atoms with Crippen LogP contribution in [0.25, 0.3) is 0 Å². The van der Waals surface area contributed by atoms with Crippen LogP contribution in [0.5, 0.6) is 0 Å².